The minimum Gasteiger partial charge on any atom is -0.350 e. The van der Waals surface area contributed by atoms with E-state index in [4.69, 9.17) is 0 Å². The number of benzene rings is 1. The Balaban J connectivity index is 1.75. The molecule has 2 heterocycles. The summed E-state index contributed by atoms with van der Waals surface area (Å²) in [4.78, 5) is 1.38. The third-order valence-corrected chi connectivity index (χ3v) is 4.05. The summed E-state index contributed by atoms with van der Waals surface area (Å²) in [5, 5.41) is 6.97. The van der Waals surface area contributed by atoms with Gasteiger partial charge in [-0.2, -0.15) is 0 Å². The molecular weight excluding hydrogens is 240 g/mol. The lowest BCUT2D eigenvalue weighted by Crippen LogP contribution is -2.11. The summed E-state index contributed by atoms with van der Waals surface area (Å²) in [6.45, 7) is 1.86. The van der Waals surface area contributed by atoms with Crippen LogP contribution in [0.3, 0.4) is 0 Å². The molecule has 2 aromatic heterocycles. The topological polar surface area (TPSA) is 17.0 Å². The van der Waals surface area contributed by atoms with E-state index in [1.807, 2.05) is 0 Å². The van der Waals surface area contributed by atoms with Crippen molar-refractivity contribution in [3.63, 3.8) is 0 Å². The molecule has 0 saturated heterocycles. The number of nitrogens with zero attached hydrogens (tertiary/aromatic N) is 1. The molecule has 2 nitrogen and oxygen atoms in total. The normalized spacial score (nSPS) is 11.2. The van der Waals surface area contributed by atoms with Crippen LogP contribution in [0.2, 0.25) is 0 Å². The molecule has 92 valence electrons. The summed E-state index contributed by atoms with van der Waals surface area (Å²) >= 11 is 1.80. The van der Waals surface area contributed by atoms with E-state index >= 15 is 0 Å². The predicted molar refractivity (Wildman–Crippen MR) is 77.8 cm³/mol. The minimum atomic E-state index is 0.916. The predicted octanol–water partition coefficient (Wildman–Crippen LogP) is 3.53. The number of nitrogens with one attached hydrogen (secondary N) is 1. The van der Waals surface area contributed by atoms with Crippen molar-refractivity contribution in [2.24, 2.45) is 7.05 Å². The third kappa shape index (κ3) is 2.19. The fourth-order valence-electron chi connectivity index (χ4n) is 2.30. The van der Waals surface area contributed by atoms with Crippen LogP contribution in [0.5, 0.6) is 0 Å². The highest BCUT2D eigenvalue weighted by Crippen LogP contribution is 2.20. The van der Waals surface area contributed by atoms with E-state index in [1.54, 1.807) is 11.3 Å². The van der Waals surface area contributed by atoms with E-state index in [-0.39, 0.29) is 0 Å². The van der Waals surface area contributed by atoms with Gasteiger partial charge < -0.3 is 9.88 Å². The molecule has 0 spiro atoms. The van der Waals surface area contributed by atoms with Crippen LogP contribution in [-0.4, -0.2) is 4.57 Å². The quantitative estimate of drug-likeness (QED) is 0.755. The van der Waals surface area contributed by atoms with Crippen LogP contribution in [0, 0.1) is 0 Å². The Morgan fingerprint density at radius 3 is 2.83 bits per heavy atom. The highest BCUT2D eigenvalue weighted by atomic mass is 32.1. The van der Waals surface area contributed by atoms with Gasteiger partial charge in [0.15, 0.2) is 0 Å². The van der Waals surface area contributed by atoms with Crippen molar-refractivity contribution in [2.45, 2.75) is 13.1 Å². The van der Waals surface area contributed by atoms with Crippen molar-refractivity contribution in [1.82, 2.24) is 9.88 Å². The van der Waals surface area contributed by atoms with Crippen LogP contribution < -0.4 is 5.32 Å². The maximum absolute atomic E-state index is 3.51. The maximum atomic E-state index is 3.51. The van der Waals surface area contributed by atoms with E-state index in [1.165, 1.54) is 21.3 Å². The smallest absolute Gasteiger partial charge is 0.0481 e. The van der Waals surface area contributed by atoms with E-state index in [0.717, 1.165) is 13.1 Å². The van der Waals surface area contributed by atoms with Gasteiger partial charge in [0.25, 0.3) is 0 Å². The highest BCUT2D eigenvalue weighted by molar-refractivity contribution is 7.09. The molecule has 0 unspecified atom stereocenters. The lowest BCUT2D eigenvalue weighted by atomic mass is 10.2. The number of thiophene rings is 1. The molecule has 0 saturated carbocycles. The molecule has 1 aromatic carbocycles. The van der Waals surface area contributed by atoms with E-state index < -0.39 is 0 Å². The monoisotopic (exact) mass is 256 g/mol. The minimum absolute atomic E-state index is 0.916. The zero-order valence-electron chi connectivity index (χ0n) is 10.4. The standard InChI is InChI=1S/C15H16N2S/c1-17-11-12(14-6-2-3-7-15(14)17)9-16-10-13-5-4-8-18-13/h2-8,11,16H,9-10H2,1H3. The zero-order chi connectivity index (χ0) is 12.4. The van der Waals surface area contributed by atoms with Crippen LogP contribution in [0.1, 0.15) is 10.4 Å². The lowest BCUT2D eigenvalue weighted by molar-refractivity contribution is 0.702. The summed E-state index contributed by atoms with van der Waals surface area (Å²) in [7, 11) is 2.10. The van der Waals surface area contributed by atoms with Crippen LogP contribution in [-0.2, 0) is 20.1 Å². The zero-order valence-corrected chi connectivity index (χ0v) is 11.2. The Morgan fingerprint density at radius 1 is 1.11 bits per heavy atom. The van der Waals surface area contributed by atoms with Crippen molar-refractivity contribution in [2.75, 3.05) is 0 Å². The number of para-hydroxylation sites is 1. The highest BCUT2D eigenvalue weighted by Gasteiger charge is 2.05. The van der Waals surface area contributed by atoms with Crippen molar-refractivity contribution >= 4 is 22.2 Å². The second kappa shape index (κ2) is 4.96. The molecular formula is C15H16N2S. The Labute approximate surface area is 111 Å². The summed E-state index contributed by atoms with van der Waals surface area (Å²) in [6.07, 6.45) is 2.21. The second-order valence-electron chi connectivity index (χ2n) is 4.47. The Hall–Kier alpha value is -1.58. The molecule has 0 bridgehead atoms. The number of hydrogen-bond donors (Lipinski definition) is 1. The molecule has 0 aliphatic carbocycles. The number of rotatable bonds is 4. The molecule has 0 radical (unpaired) electrons. The van der Waals surface area contributed by atoms with E-state index in [0.29, 0.717) is 0 Å². The SMILES string of the molecule is Cn1cc(CNCc2cccs2)c2ccccc21. The van der Waals surface area contributed by atoms with Crippen LogP contribution in [0.15, 0.2) is 48.0 Å². The van der Waals surface area contributed by atoms with Gasteiger partial charge >= 0.3 is 0 Å². The summed E-state index contributed by atoms with van der Waals surface area (Å²) in [5.74, 6) is 0. The average Bonchev–Trinajstić information content (AvgIpc) is 3.00. The van der Waals surface area contributed by atoms with Gasteiger partial charge in [0.2, 0.25) is 0 Å². The molecule has 18 heavy (non-hydrogen) atoms. The molecule has 0 atom stereocenters. The van der Waals surface area contributed by atoms with Crippen LogP contribution in [0.25, 0.3) is 10.9 Å². The molecule has 0 aliphatic heterocycles. The summed E-state index contributed by atoms with van der Waals surface area (Å²) in [6, 6.07) is 12.8. The van der Waals surface area contributed by atoms with Gasteiger partial charge in [0.05, 0.1) is 0 Å². The molecule has 3 rings (SSSR count). The fraction of sp³-hybridized carbons (Fsp3) is 0.200. The Bertz CT molecular complexity index is 638. The first-order valence-corrected chi connectivity index (χ1v) is 6.98. The first-order chi connectivity index (χ1) is 8.84. The van der Waals surface area contributed by atoms with Gasteiger partial charge in [0, 0.05) is 42.1 Å². The average molecular weight is 256 g/mol. The van der Waals surface area contributed by atoms with Gasteiger partial charge in [-0.1, -0.05) is 24.3 Å². The largest absolute Gasteiger partial charge is 0.350 e. The number of fused-ring (bicyclic) bond motifs is 1. The molecule has 1 N–H and O–H groups in total. The summed E-state index contributed by atoms with van der Waals surface area (Å²) in [5.41, 5.74) is 2.66. The molecule has 0 fully saturated rings. The maximum Gasteiger partial charge on any atom is 0.0481 e. The number of hydrogen-bond acceptors (Lipinski definition) is 2. The van der Waals surface area contributed by atoms with Gasteiger partial charge in [-0.3, -0.25) is 0 Å². The van der Waals surface area contributed by atoms with Gasteiger partial charge in [-0.05, 0) is 23.1 Å². The third-order valence-electron chi connectivity index (χ3n) is 3.17. The Kier molecular flexibility index (Phi) is 3.17. The van der Waals surface area contributed by atoms with Crippen molar-refractivity contribution in [3.05, 3.63) is 58.4 Å². The molecule has 3 aromatic rings. The molecule has 3 heteroatoms. The number of aryl methyl sites for hydroxylation is 1. The van der Waals surface area contributed by atoms with Gasteiger partial charge in [0.1, 0.15) is 0 Å². The van der Waals surface area contributed by atoms with Crippen LogP contribution in [0.4, 0.5) is 0 Å². The first kappa shape index (κ1) is 11.5. The molecule has 0 aliphatic rings. The fourth-order valence-corrected chi connectivity index (χ4v) is 2.97. The van der Waals surface area contributed by atoms with Crippen molar-refractivity contribution < 1.29 is 0 Å². The van der Waals surface area contributed by atoms with Crippen molar-refractivity contribution in [3.8, 4) is 0 Å². The van der Waals surface area contributed by atoms with Gasteiger partial charge in [-0.25, -0.2) is 0 Å². The second-order valence-corrected chi connectivity index (χ2v) is 5.50. The first-order valence-electron chi connectivity index (χ1n) is 6.10. The van der Waals surface area contributed by atoms with Crippen molar-refractivity contribution in [1.29, 1.82) is 0 Å². The van der Waals surface area contributed by atoms with Crippen LogP contribution >= 0.6 is 11.3 Å². The van der Waals surface area contributed by atoms with E-state index in [2.05, 4.69) is 64.9 Å². The lowest BCUT2D eigenvalue weighted by Gasteiger charge is -2.01. The Morgan fingerprint density at radius 2 is 2.00 bits per heavy atom. The molecule has 0 amide bonds. The van der Waals surface area contributed by atoms with E-state index in [9.17, 15) is 0 Å². The number of aromatic nitrogens is 1. The summed E-state index contributed by atoms with van der Waals surface area (Å²) < 4.78 is 2.19. The van der Waals surface area contributed by atoms with Gasteiger partial charge in [-0.15, -0.1) is 11.3 Å².